The summed E-state index contributed by atoms with van der Waals surface area (Å²) in [5, 5.41) is 3.81. The van der Waals surface area contributed by atoms with Crippen molar-refractivity contribution in [2.45, 2.75) is 26.2 Å². The first kappa shape index (κ1) is 18.9. The van der Waals surface area contributed by atoms with Crippen molar-refractivity contribution in [3.8, 4) is 5.75 Å². The molecule has 0 unspecified atom stereocenters. The van der Waals surface area contributed by atoms with Gasteiger partial charge < -0.3 is 10.1 Å². The average Bonchev–Trinajstić information content (AvgIpc) is 2.49. The number of hydrogen-bond donors (Lipinski definition) is 1. The van der Waals surface area contributed by atoms with Crippen molar-refractivity contribution < 1.29 is 9.53 Å². The summed E-state index contributed by atoms with van der Waals surface area (Å²) in [4.78, 5) is 12.2. The molecule has 1 N–H and O–H groups in total. The van der Waals surface area contributed by atoms with Crippen molar-refractivity contribution in [1.29, 1.82) is 0 Å². The average molecular weight is 387 g/mol. The smallest absolute Gasteiger partial charge is 0.262 e. The number of para-hydroxylation sites is 1. The molecule has 2 rings (SSSR count). The summed E-state index contributed by atoms with van der Waals surface area (Å²) in [6, 6.07) is 10.6. The molecule has 0 fully saturated rings. The van der Waals surface area contributed by atoms with Gasteiger partial charge in [0.1, 0.15) is 5.75 Å². The predicted molar refractivity (Wildman–Crippen MR) is 101 cm³/mol. The van der Waals surface area contributed by atoms with Gasteiger partial charge in [-0.05, 0) is 23.1 Å². The normalized spacial score (nSPS) is 11.2. The fraction of sp³-hybridized carbons (Fsp3) is 0.278. The van der Waals surface area contributed by atoms with Crippen LogP contribution in [0.15, 0.2) is 36.4 Å². The third kappa shape index (κ3) is 4.79. The van der Waals surface area contributed by atoms with Crippen molar-refractivity contribution in [2.24, 2.45) is 0 Å². The zero-order valence-corrected chi connectivity index (χ0v) is 15.9. The number of amides is 1. The van der Waals surface area contributed by atoms with E-state index < -0.39 is 0 Å². The molecule has 0 spiro atoms. The summed E-state index contributed by atoms with van der Waals surface area (Å²) in [6.07, 6.45) is 0. The van der Waals surface area contributed by atoms with E-state index in [1.807, 2.05) is 24.3 Å². The van der Waals surface area contributed by atoms with Crippen LogP contribution in [0.4, 0.5) is 5.69 Å². The van der Waals surface area contributed by atoms with E-state index >= 15 is 0 Å². The van der Waals surface area contributed by atoms with Crippen LogP contribution in [0.5, 0.6) is 5.75 Å². The van der Waals surface area contributed by atoms with Gasteiger partial charge in [-0.3, -0.25) is 4.79 Å². The van der Waals surface area contributed by atoms with Gasteiger partial charge in [-0.2, -0.15) is 0 Å². The Balaban J connectivity index is 2.06. The summed E-state index contributed by atoms with van der Waals surface area (Å²) < 4.78 is 5.45. The molecule has 0 aliphatic heterocycles. The molecule has 3 nitrogen and oxygen atoms in total. The Labute approximate surface area is 156 Å². The molecular weight excluding hydrogens is 369 g/mol. The van der Waals surface area contributed by atoms with Crippen LogP contribution in [0.3, 0.4) is 0 Å². The molecule has 0 aliphatic rings. The third-order valence-electron chi connectivity index (χ3n) is 3.34. The number of nitrogens with one attached hydrogen (secondary N) is 1. The molecule has 0 aliphatic carbocycles. The van der Waals surface area contributed by atoms with Crippen LogP contribution in [-0.4, -0.2) is 12.5 Å². The van der Waals surface area contributed by atoms with Crippen LogP contribution in [0, 0.1) is 0 Å². The van der Waals surface area contributed by atoms with Gasteiger partial charge in [-0.1, -0.05) is 73.8 Å². The van der Waals surface area contributed by atoms with Gasteiger partial charge in [0.15, 0.2) is 6.61 Å². The predicted octanol–water partition coefficient (Wildman–Crippen LogP) is 5.96. The highest BCUT2D eigenvalue weighted by Gasteiger charge is 2.18. The molecule has 2 aromatic rings. The van der Waals surface area contributed by atoms with E-state index in [2.05, 4.69) is 26.1 Å². The highest BCUT2D eigenvalue weighted by atomic mass is 35.5. The second-order valence-corrected chi connectivity index (χ2v) is 7.55. The fourth-order valence-electron chi connectivity index (χ4n) is 2.19. The quantitative estimate of drug-likeness (QED) is 0.658. The monoisotopic (exact) mass is 385 g/mol. The number of anilines is 1. The van der Waals surface area contributed by atoms with Crippen LogP contribution in [0.2, 0.25) is 15.1 Å². The summed E-state index contributed by atoms with van der Waals surface area (Å²) >= 11 is 17.8. The van der Waals surface area contributed by atoms with Crippen molar-refractivity contribution in [1.82, 2.24) is 0 Å². The van der Waals surface area contributed by atoms with E-state index in [0.29, 0.717) is 20.8 Å². The van der Waals surface area contributed by atoms with Crippen molar-refractivity contribution in [3.63, 3.8) is 0 Å². The number of carbonyl (C=O) groups excluding carboxylic acids is 1. The maximum absolute atomic E-state index is 12.2. The number of benzene rings is 2. The van der Waals surface area contributed by atoms with Crippen molar-refractivity contribution in [2.75, 3.05) is 11.9 Å². The molecule has 2 aromatic carbocycles. The van der Waals surface area contributed by atoms with Gasteiger partial charge in [-0.25, -0.2) is 0 Å². The van der Waals surface area contributed by atoms with Crippen LogP contribution >= 0.6 is 34.8 Å². The first-order valence-corrected chi connectivity index (χ1v) is 8.48. The second-order valence-electron chi connectivity index (χ2n) is 6.33. The summed E-state index contributed by atoms with van der Waals surface area (Å²) in [5.74, 6) is 0.0270. The zero-order valence-electron chi connectivity index (χ0n) is 13.6. The fourth-order valence-corrected chi connectivity index (χ4v) is 2.78. The molecule has 0 atom stereocenters. The summed E-state index contributed by atoms with van der Waals surface area (Å²) in [6.45, 7) is 6.08. The highest BCUT2D eigenvalue weighted by molar-refractivity contribution is 6.43. The Morgan fingerprint density at radius 1 is 1.04 bits per heavy atom. The second kappa shape index (κ2) is 7.64. The summed E-state index contributed by atoms with van der Waals surface area (Å²) in [7, 11) is 0. The summed E-state index contributed by atoms with van der Waals surface area (Å²) in [5.41, 5.74) is 1.72. The molecule has 0 heterocycles. The largest absolute Gasteiger partial charge is 0.482 e. The minimum absolute atomic E-state index is 0.0856. The van der Waals surface area contributed by atoms with Gasteiger partial charge in [-0.15, -0.1) is 0 Å². The highest BCUT2D eigenvalue weighted by Crippen LogP contribution is 2.34. The SMILES string of the molecule is CC(C)(C)c1ccccc1NC(=O)COc1cc(Cl)c(Cl)cc1Cl. The van der Waals surface area contributed by atoms with Gasteiger partial charge in [0.25, 0.3) is 5.91 Å². The third-order valence-corrected chi connectivity index (χ3v) is 4.36. The molecule has 24 heavy (non-hydrogen) atoms. The minimum atomic E-state index is -0.283. The van der Waals surface area contributed by atoms with Gasteiger partial charge in [0, 0.05) is 11.8 Å². The van der Waals surface area contributed by atoms with E-state index in [1.165, 1.54) is 12.1 Å². The lowest BCUT2D eigenvalue weighted by Crippen LogP contribution is -2.23. The molecule has 0 aromatic heterocycles. The molecule has 128 valence electrons. The van der Waals surface area contributed by atoms with Crippen LogP contribution < -0.4 is 10.1 Å². The van der Waals surface area contributed by atoms with E-state index in [9.17, 15) is 4.79 Å². The van der Waals surface area contributed by atoms with E-state index in [1.54, 1.807) is 0 Å². The van der Waals surface area contributed by atoms with Crippen LogP contribution in [-0.2, 0) is 10.2 Å². The Morgan fingerprint density at radius 3 is 2.33 bits per heavy atom. The Kier molecular flexibility index (Phi) is 6.02. The maximum atomic E-state index is 12.2. The molecule has 6 heteroatoms. The number of rotatable bonds is 4. The molecule has 0 saturated carbocycles. The van der Waals surface area contributed by atoms with Crippen LogP contribution in [0.1, 0.15) is 26.3 Å². The minimum Gasteiger partial charge on any atom is -0.482 e. The molecular formula is C18H18Cl3NO2. The molecule has 0 bridgehead atoms. The number of carbonyl (C=O) groups is 1. The van der Waals surface area contributed by atoms with E-state index in [0.717, 1.165) is 11.3 Å². The molecule has 0 radical (unpaired) electrons. The number of hydrogen-bond acceptors (Lipinski definition) is 2. The maximum Gasteiger partial charge on any atom is 0.262 e. The lowest BCUT2D eigenvalue weighted by molar-refractivity contribution is -0.118. The first-order chi connectivity index (χ1) is 11.2. The van der Waals surface area contributed by atoms with Gasteiger partial charge in [0.05, 0.1) is 15.1 Å². The lowest BCUT2D eigenvalue weighted by Gasteiger charge is -2.23. The van der Waals surface area contributed by atoms with Gasteiger partial charge in [0.2, 0.25) is 0 Å². The Bertz CT molecular complexity index is 754. The van der Waals surface area contributed by atoms with E-state index in [-0.39, 0.29) is 17.9 Å². The van der Waals surface area contributed by atoms with Crippen molar-refractivity contribution >= 4 is 46.4 Å². The Hall–Kier alpha value is -1.42. The Morgan fingerprint density at radius 2 is 1.67 bits per heavy atom. The topological polar surface area (TPSA) is 38.3 Å². The lowest BCUT2D eigenvalue weighted by atomic mass is 9.86. The van der Waals surface area contributed by atoms with Gasteiger partial charge >= 0.3 is 0 Å². The first-order valence-electron chi connectivity index (χ1n) is 7.35. The molecule has 1 amide bonds. The van der Waals surface area contributed by atoms with Crippen molar-refractivity contribution in [3.05, 3.63) is 57.0 Å². The number of ether oxygens (including phenoxy) is 1. The standard InChI is InChI=1S/C18H18Cl3NO2/c1-18(2,3)11-6-4-5-7-15(11)22-17(23)10-24-16-9-13(20)12(19)8-14(16)21/h4-9H,10H2,1-3H3,(H,22,23). The zero-order chi connectivity index (χ0) is 17.9. The number of halogens is 3. The van der Waals surface area contributed by atoms with Crippen LogP contribution in [0.25, 0.3) is 0 Å². The molecule has 0 saturated heterocycles. The van der Waals surface area contributed by atoms with E-state index in [4.69, 9.17) is 39.5 Å².